The SMILES string of the molecule is C=CC(=O)OCCCCOC(=O)c1cc(C#Cc2cc(F)c(C#N)c(F)c2)ccc1C#Cc1ccc(C#N)cc1. The number of nitrogens with zero attached hydrogens (tertiary/aromatic N) is 2. The van der Waals surface area contributed by atoms with Gasteiger partial charge in [0.1, 0.15) is 23.3 Å². The molecule has 0 amide bonds. The fraction of sp³-hybridized carbons (Fsp3) is 0.125. The first kappa shape index (κ1) is 28.9. The zero-order chi connectivity index (χ0) is 28.9. The Morgan fingerprint density at radius 2 is 1.32 bits per heavy atom. The number of unbranched alkanes of at least 4 members (excludes halogenated alkanes) is 1. The number of halogens is 2. The number of ether oxygens (including phenoxy) is 2. The first-order chi connectivity index (χ1) is 19.3. The highest BCUT2D eigenvalue weighted by atomic mass is 19.1. The van der Waals surface area contributed by atoms with E-state index >= 15 is 0 Å². The van der Waals surface area contributed by atoms with Crippen molar-refractivity contribution < 1.29 is 27.8 Å². The lowest BCUT2D eigenvalue weighted by Gasteiger charge is -2.08. The van der Waals surface area contributed by atoms with E-state index < -0.39 is 29.1 Å². The molecule has 8 heteroatoms. The van der Waals surface area contributed by atoms with Crippen molar-refractivity contribution in [3.63, 3.8) is 0 Å². The van der Waals surface area contributed by atoms with Crippen molar-refractivity contribution in [2.75, 3.05) is 13.2 Å². The summed E-state index contributed by atoms with van der Waals surface area (Å²) < 4.78 is 38.1. The quantitative estimate of drug-likeness (QED) is 0.179. The van der Waals surface area contributed by atoms with Crippen LogP contribution in [0.15, 0.2) is 67.3 Å². The molecular weight excluding hydrogens is 514 g/mol. The molecule has 0 heterocycles. The molecule has 0 aliphatic carbocycles. The van der Waals surface area contributed by atoms with Crippen LogP contribution in [0.25, 0.3) is 0 Å². The molecule has 0 bridgehead atoms. The van der Waals surface area contributed by atoms with Gasteiger partial charge in [-0.1, -0.05) is 30.3 Å². The smallest absolute Gasteiger partial charge is 0.339 e. The average Bonchev–Trinajstić information content (AvgIpc) is 2.96. The Hall–Kier alpha value is -5.70. The molecule has 196 valence electrons. The van der Waals surface area contributed by atoms with Crippen LogP contribution >= 0.6 is 0 Å². The third-order valence-electron chi connectivity index (χ3n) is 5.28. The van der Waals surface area contributed by atoms with Crippen LogP contribution in [-0.4, -0.2) is 25.2 Å². The lowest BCUT2D eigenvalue weighted by Crippen LogP contribution is -2.10. The fourth-order valence-corrected chi connectivity index (χ4v) is 3.24. The highest BCUT2D eigenvalue weighted by molar-refractivity contribution is 5.93. The molecule has 0 aliphatic heterocycles. The standard InChI is InChI=1S/C32H20F2N2O4/c1-2-31(37)39-15-3-4-16-40-32(38)27-17-23(7-10-25-18-29(33)28(21-36)30(34)19-25)12-14-26(27)13-11-22-5-8-24(20-35)9-6-22/h2,5-6,8-9,12,14,17-19H,1,3-4,15-16H2. The van der Waals surface area contributed by atoms with Gasteiger partial charge < -0.3 is 9.47 Å². The number of carbonyl (C=O) groups is 2. The van der Waals surface area contributed by atoms with E-state index in [2.05, 4.69) is 30.3 Å². The summed E-state index contributed by atoms with van der Waals surface area (Å²) in [7, 11) is 0. The number of esters is 2. The molecule has 0 saturated heterocycles. The second-order valence-corrected chi connectivity index (χ2v) is 8.09. The van der Waals surface area contributed by atoms with Crippen LogP contribution in [0, 0.1) is 58.0 Å². The van der Waals surface area contributed by atoms with E-state index in [9.17, 15) is 18.4 Å². The van der Waals surface area contributed by atoms with Crippen molar-refractivity contribution in [1.29, 1.82) is 10.5 Å². The van der Waals surface area contributed by atoms with Crippen LogP contribution in [-0.2, 0) is 14.3 Å². The Labute approximate surface area is 230 Å². The van der Waals surface area contributed by atoms with Gasteiger partial charge in [0.05, 0.1) is 30.4 Å². The van der Waals surface area contributed by atoms with Gasteiger partial charge in [0.25, 0.3) is 0 Å². The number of hydrogen-bond acceptors (Lipinski definition) is 6. The summed E-state index contributed by atoms with van der Waals surface area (Å²) in [6.45, 7) is 3.53. The highest BCUT2D eigenvalue weighted by Gasteiger charge is 2.13. The third kappa shape index (κ3) is 8.15. The van der Waals surface area contributed by atoms with Crippen molar-refractivity contribution in [2.24, 2.45) is 0 Å². The molecule has 0 radical (unpaired) electrons. The van der Waals surface area contributed by atoms with E-state index in [1.807, 2.05) is 6.07 Å². The highest BCUT2D eigenvalue weighted by Crippen LogP contribution is 2.16. The van der Waals surface area contributed by atoms with Crippen LogP contribution in [0.5, 0.6) is 0 Å². The molecular formula is C32H20F2N2O4. The summed E-state index contributed by atoms with van der Waals surface area (Å²) in [5, 5.41) is 17.8. The minimum atomic E-state index is -1.02. The summed E-state index contributed by atoms with van der Waals surface area (Å²) in [4.78, 5) is 24.0. The molecule has 40 heavy (non-hydrogen) atoms. The van der Waals surface area contributed by atoms with Crippen LogP contribution in [0.2, 0.25) is 0 Å². The Bertz CT molecular complexity index is 1630. The molecule has 6 nitrogen and oxygen atoms in total. The van der Waals surface area contributed by atoms with Crippen molar-refractivity contribution >= 4 is 11.9 Å². The molecule has 3 aromatic rings. The Balaban J connectivity index is 1.84. The largest absolute Gasteiger partial charge is 0.463 e. The van der Waals surface area contributed by atoms with Gasteiger partial charge in [0.15, 0.2) is 0 Å². The summed E-state index contributed by atoms with van der Waals surface area (Å²) in [6.07, 6.45) is 1.98. The van der Waals surface area contributed by atoms with Crippen LogP contribution in [0.3, 0.4) is 0 Å². The fourth-order valence-electron chi connectivity index (χ4n) is 3.24. The van der Waals surface area contributed by atoms with Gasteiger partial charge in [-0.2, -0.15) is 10.5 Å². The van der Waals surface area contributed by atoms with Crippen molar-refractivity contribution in [2.45, 2.75) is 12.8 Å². The lowest BCUT2D eigenvalue weighted by atomic mass is 10.0. The van der Waals surface area contributed by atoms with Gasteiger partial charge in [-0.15, -0.1) is 0 Å². The molecule has 0 aliphatic rings. The molecule has 0 aromatic heterocycles. The third-order valence-corrected chi connectivity index (χ3v) is 5.28. The molecule has 0 unspecified atom stereocenters. The molecule has 3 rings (SSSR count). The van der Waals surface area contributed by atoms with E-state index in [0.29, 0.717) is 35.1 Å². The van der Waals surface area contributed by atoms with E-state index in [1.54, 1.807) is 36.4 Å². The van der Waals surface area contributed by atoms with Crippen molar-refractivity contribution in [3.05, 3.63) is 118 Å². The van der Waals surface area contributed by atoms with E-state index in [4.69, 9.17) is 20.0 Å². The van der Waals surface area contributed by atoms with Gasteiger partial charge in [0, 0.05) is 28.3 Å². The molecule has 0 N–H and O–H groups in total. The maximum atomic E-state index is 13.9. The normalized spacial score (nSPS) is 9.50. The Kier molecular flexibility index (Phi) is 10.3. The predicted molar refractivity (Wildman–Crippen MR) is 141 cm³/mol. The van der Waals surface area contributed by atoms with Crippen LogP contribution < -0.4 is 0 Å². The van der Waals surface area contributed by atoms with Gasteiger partial charge in [-0.3, -0.25) is 0 Å². The Morgan fingerprint density at radius 1 is 0.750 bits per heavy atom. The molecule has 0 fully saturated rings. The summed E-state index contributed by atoms with van der Waals surface area (Å²) >= 11 is 0. The Morgan fingerprint density at radius 3 is 1.95 bits per heavy atom. The number of rotatable bonds is 7. The molecule has 0 atom stereocenters. The zero-order valence-corrected chi connectivity index (χ0v) is 21.1. The first-order valence-electron chi connectivity index (χ1n) is 11.9. The van der Waals surface area contributed by atoms with E-state index in [0.717, 1.165) is 18.2 Å². The van der Waals surface area contributed by atoms with Gasteiger partial charge in [-0.05, 0) is 67.4 Å². The second-order valence-electron chi connectivity index (χ2n) is 8.09. The number of benzene rings is 3. The summed E-state index contributed by atoms with van der Waals surface area (Å²) in [5.41, 5.74) is 1.27. The van der Waals surface area contributed by atoms with Gasteiger partial charge >= 0.3 is 11.9 Å². The van der Waals surface area contributed by atoms with Crippen LogP contribution in [0.4, 0.5) is 8.78 Å². The van der Waals surface area contributed by atoms with Crippen molar-refractivity contribution in [3.8, 4) is 35.8 Å². The molecule has 0 saturated carbocycles. The topological polar surface area (TPSA) is 100 Å². The predicted octanol–water partition coefficient (Wildman–Crippen LogP) is 5.17. The maximum Gasteiger partial charge on any atom is 0.339 e. The first-order valence-corrected chi connectivity index (χ1v) is 11.9. The minimum absolute atomic E-state index is 0.0139. The summed E-state index contributed by atoms with van der Waals surface area (Å²) in [6, 6.07) is 16.6. The van der Waals surface area contributed by atoms with E-state index in [-0.39, 0.29) is 24.3 Å². The number of nitriles is 2. The zero-order valence-electron chi connectivity index (χ0n) is 21.1. The second kappa shape index (κ2) is 14.3. The minimum Gasteiger partial charge on any atom is -0.463 e. The van der Waals surface area contributed by atoms with Crippen molar-refractivity contribution in [1.82, 2.24) is 0 Å². The maximum absolute atomic E-state index is 13.9. The number of carbonyl (C=O) groups excluding carboxylic acids is 2. The van der Waals surface area contributed by atoms with E-state index in [1.165, 1.54) is 12.1 Å². The van der Waals surface area contributed by atoms with Gasteiger partial charge in [0.2, 0.25) is 0 Å². The molecule has 3 aromatic carbocycles. The number of hydrogen-bond donors (Lipinski definition) is 0. The van der Waals surface area contributed by atoms with Crippen LogP contribution in [0.1, 0.15) is 56.6 Å². The molecule has 0 spiro atoms. The lowest BCUT2D eigenvalue weighted by molar-refractivity contribution is -0.137. The monoisotopic (exact) mass is 534 g/mol. The van der Waals surface area contributed by atoms with Gasteiger partial charge in [-0.25, -0.2) is 18.4 Å². The average molecular weight is 535 g/mol. The summed E-state index contributed by atoms with van der Waals surface area (Å²) in [5.74, 6) is 8.00.